The van der Waals surface area contributed by atoms with Crippen LogP contribution in [0.3, 0.4) is 0 Å². The summed E-state index contributed by atoms with van der Waals surface area (Å²) in [6.45, 7) is 2.99. The minimum Gasteiger partial charge on any atom is -0.367 e. The monoisotopic (exact) mass is 311 g/mol. The molecule has 116 valence electrons. The number of aromatic nitrogens is 2. The van der Waals surface area contributed by atoms with Crippen molar-refractivity contribution in [1.82, 2.24) is 14.3 Å². The second kappa shape index (κ2) is 5.98. The summed E-state index contributed by atoms with van der Waals surface area (Å²) in [5, 5.41) is 0. The molecule has 7 heteroatoms. The highest BCUT2D eigenvalue weighted by Gasteiger charge is 2.42. The quantitative estimate of drug-likeness (QED) is 0.839. The third-order valence-corrected chi connectivity index (χ3v) is 6.35. The van der Waals surface area contributed by atoms with Crippen LogP contribution in [0.25, 0.3) is 0 Å². The van der Waals surface area contributed by atoms with Gasteiger partial charge in [-0.1, -0.05) is 6.92 Å². The standard InChI is InChI=1S/C14H21N3O3S/c1-2-7-21(18,19)17-6-4-11-8-13(20-14(11)9-17)12-3-5-15-10-16-12/h3,5,10-11,13-14H,2,4,6-9H2,1H3/t11-,13+,14+/m1/s1. The summed E-state index contributed by atoms with van der Waals surface area (Å²) in [6, 6.07) is 1.87. The zero-order valence-electron chi connectivity index (χ0n) is 12.2. The van der Waals surface area contributed by atoms with Crippen LogP contribution in [0.2, 0.25) is 0 Å². The van der Waals surface area contributed by atoms with Crippen LogP contribution in [0.1, 0.15) is 38.0 Å². The Kier molecular flexibility index (Phi) is 4.24. The van der Waals surface area contributed by atoms with Crippen LogP contribution in [0.4, 0.5) is 0 Å². The molecule has 0 saturated carbocycles. The summed E-state index contributed by atoms with van der Waals surface area (Å²) in [5.41, 5.74) is 0.891. The van der Waals surface area contributed by atoms with Crippen LogP contribution < -0.4 is 0 Å². The van der Waals surface area contributed by atoms with Gasteiger partial charge in [-0.25, -0.2) is 18.4 Å². The summed E-state index contributed by atoms with van der Waals surface area (Å²) < 4.78 is 32.0. The fraction of sp³-hybridized carbons (Fsp3) is 0.714. The van der Waals surface area contributed by atoms with E-state index in [9.17, 15) is 8.42 Å². The van der Waals surface area contributed by atoms with Crippen LogP contribution >= 0.6 is 0 Å². The predicted molar refractivity (Wildman–Crippen MR) is 78.0 cm³/mol. The number of sulfonamides is 1. The molecule has 2 fully saturated rings. The number of fused-ring (bicyclic) bond motifs is 1. The molecule has 2 aliphatic rings. The van der Waals surface area contributed by atoms with E-state index in [1.807, 2.05) is 13.0 Å². The van der Waals surface area contributed by atoms with Gasteiger partial charge in [0.05, 0.1) is 17.6 Å². The zero-order valence-corrected chi connectivity index (χ0v) is 13.0. The number of hydrogen-bond acceptors (Lipinski definition) is 5. The van der Waals surface area contributed by atoms with Crippen LogP contribution in [0.15, 0.2) is 18.6 Å². The first-order valence-corrected chi connectivity index (χ1v) is 9.10. The summed E-state index contributed by atoms with van der Waals surface area (Å²) in [6.07, 6.45) is 5.64. The lowest BCUT2D eigenvalue weighted by atomic mass is 9.92. The fourth-order valence-electron chi connectivity index (χ4n) is 3.22. The van der Waals surface area contributed by atoms with Crippen LogP contribution in [-0.2, 0) is 14.8 Å². The average molecular weight is 311 g/mol. The van der Waals surface area contributed by atoms with Gasteiger partial charge in [-0.3, -0.25) is 0 Å². The van der Waals surface area contributed by atoms with Gasteiger partial charge in [0.15, 0.2) is 0 Å². The Labute approximate surface area is 125 Å². The molecule has 21 heavy (non-hydrogen) atoms. The minimum atomic E-state index is -3.13. The molecular formula is C14H21N3O3S. The van der Waals surface area contributed by atoms with Crippen LogP contribution in [-0.4, -0.2) is 47.6 Å². The van der Waals surface area contributed by atoms with E-state index in [4.69, 9.17) is 4.74 Å². The van der Waals surface area contributed by atoms with Gasteiger partial charge in [0.1, 0.15) is 12.4 Å². The number of ether oxygens (including phenoxy) is 1. The first-order chi connectivity index (χ1) is 10.1. The summed E-state index contributed by atoms with van der Waals surface area (Å²) in [7, 11) is -3.13. The second-order valence-corrected chi connectivity index (χ2v) is 7.84. The van der Waals surface area contributed by atoms with E-state index in [1.54, 1.807) is 10.5 Å². The van der Waals surface area contributed by atoms with Gasteiger partial charge in [0.25, 0.3) is 0 Å². The van der Waals surface area contributed by atoms with E-state index in [-0.39, 0.29) is 18.0 Å². The molecule has 2 saturated heterocycles. The molecule has 1 aromatic heterocycles. The second-order valence-electron chi connectivity index (χ2n) is 5.76. The van der Waals surface area contributed by atoms with E-state index in [0.717, 1.165) is 18.5 Å². The largest absolute Gasteiger partial charge is 0.367 e. The molecular weight excluding hydrogens is 290 g/mol. The molecule has 0 aliphatic carbocycles. The molecule has 3 heterocycles. The first-order valence-electron chi connectivity index (χ1n) is 7.49. The Morgan fingerprint density at radius 1 is 1.48 bits per heavy atom. The maximum Gasteiger partial charge on any atom is 0.214 e. The smallest absolute Gasteiger partial charge is 0.214 e. The van der Waals surface area contributed by atoms with Gasteiger partial charge in [0.2, 0.25) is 10.0 Å². The number of hydrogen-bond donors (Lipinski definition) is 0. The van der Waals surface area contributed by atoms with Gasteiger partial charge < -0.3 is 4.74 Å². The van der Waals surface area contributed by atoms with E-state index in [1.165, 1.54) is 6.33 Å². The van der Waals surface area contributed by atoms with Crippen LogP contribution in [0, 0.1) is 5.92 Å². The summed E-state index contributed by atoms with van der Waals surface area (Å²) in [5.74, 6) is 0.651. The van der Waals surface area contributed by atoms with Gasteiger partial charge in [-0.05, 0) is 31.2 Å². The molecule has 0 unspecified atom stereocenters. The molecule has 6 nitrogen and oxygen atoms in total. The lowest BCUT2D eigenvalue weighted by Crippen LogP contribution is -2.46. The van der Waals surface area contributed by atoms with Crippen molar-refractivity contribution in [3.8, 4) is 0 Å². The van der Waals surface area contributed by atoms with Crippen molar-refractivity contribution in [3.05, 3.63) is 24.3 Å². The highest BCUT2D eigenvalue weighted by atomic mass is 32.2. The van der Waals surface area contributed by atoms with E-state index >= 15 is 0 Å². The molecule has 0 radical (unpaired) electrons. The van der Waals surface area contributed by atoms with Gasteiger partial charge >= 0.3 is 0 Å². The predicted octanol–water partition coefficient (Wildman–Crippen LogP) is 1.37. The Morgan fingerprint density at radius 2 is 2.33 bits per heavy atom. The maximum atomic E-state index is 12.2. The highest BCUT2D eigenvalue weighted by Crippen LogP contribution is 2.40. The van der Waals surface area contributed by atoms with Crippen molar-refractivity contribution < 1.29 is 13.2 Å². The van der Waals surface area contributed by atoms with Crippen molar-refractivity contribution in [1.29, 1.82) is 0 Å². The lowest BCUT2D eigenvalue weighted by molar-refractivity contribution is 0.00861. The van der Waals surface area contributed by atoms with Crippen molar-refractivity contribution in [2.75, 3.05) is 18.8 Å². The molecule has 2 aliphatic heterocycles. The zero-order chi connectivity index (χ0) is 14.9. The van der Waals surface area contributed by atoms with Gasteiger partial charge in [0, 0.05) is 19.3 Å². The lowest BCUT2D eigenvalue weighted by Gasteiger charge is -2.33. The van der Waals surface area contributed by atoms with Crippen molar-refractivity contribution >= 4 is 10.0 Å². The van der Waals surface area contributed by atoms with Gasteiger partial charge in [-0.2, -0.15) is 4.31 Å². The van der Waals surface area contributed by atoms with Crippen molar-refractivity contribution in [3.63, 3.8) is 0 Å². The summed E-state index contributed by atoms with van der Waals surface area (Å²) in [4.78, 5) is 8.17. The fourth-order valence-corrected chi connectivity index (χ4v) is 4.76. The number of nitrogens with zero attached hydrogens (tertiary/aromatic N) is 3. The maximum absolute atomic E-state index is 12.2. The first kappa shape index (κ1) is 14.9. The molecule has 1 aromatic rings. The molecule has 0 N–H and O–H groups in total. The molecule has 3 atom stereocenters. The highest BCUT2D eigenvalue weighted by molar-refractivity contribution is 7.89. The van der Waals surface area contributed by atoms with E-state index in [2.05, 4.69) is 9.97 Å². The molecule has 0 spiro atoms. The van der Waals surface area contributed by atoms with Crippen LogP contribution in [0.5, 0.6) is 0 Å². The molecule has 0 amide bonds. The Bertz CT molecular complexity index is 578. The Balaban J connectivity index is 1.68. The minimum absolute atomic E-state index is 0.00894. The van der Waals surface area contributed by atoms with Crippen molar-refractivity contribution in [2.24, 2.45) is 5.92 Å². The van der Waals surface area contributed by atoms with E-state index < -0.39 is 10.0 Å². The Hall–Kier alpha value is -1.05. The SMILES string of the molecule is CCCS(=O)(=O)N1CC[C@@H]2C[C@@H](c3ccncn3)O[C@H]2C1. The van der Waals surface area contributed by atoms with Gasteiger partial charge in [-0.15, -0.1) is 0 Å². The number of piperidine rings is 1. The van der Waals surface area contributed by atoms with E-state index in [0.29, 0.717) is 25.4 Å². The van der Waals surface area contributed by atoms with Crippen molar-refractivity contribution in [2.45, 2.75) is 38.4 Å². The molecule has 0 aromatic carbocycles. The number of rotatable bonds is 4. The summed E-state index contributed by atoms with van der Waals surface area (Å²) >= 11 is 0. The topological polar surface area (TPSA) is 72.4 Å². The Morgan fingerprint density at radius 3 is 3.05 bits per heavy atom. The normalized spacial score (nSPS) is 30.2. The third kappa shape index (κ3) is 3.09. The average Bonchev–Trinajstić information content (AvgIpc) is 2.91. The third-order valence-electron chi connectivity index (χ3n) is 4.30. The molecule has 3 rings (SSSR count). The molecule has 0 bridgehead atoms.